The fourth-order valence-corrected chi connectivity index (χ4v) is 2.22. The lowest BCUT2D eigenvalue weighted by Gasteiger charge is -2.10. The van der Waals surface area contributed by atoms with Gasteiger partial charge >= 0.3 is 5.97 Å². The Morgan fingerprint density at radius 1 is 1.57 bits per heavy atom. The Morgan fingerprint density at radius 2 is 2.38 bits per heavy atom. The molecule has 3 rings (SSSR count). The van der Waals surface area contributed by atoms with Crippen LogP contribution < -0.4 is 5.73 Å². The van der Waals surface area contributed by atoms with Gasteiger partial charge in [0.2, 0.25) is 0 Å². The standard InChI is InChI=1S/C13H15N5O3/c1-8(20)21-5-13(4-19)2-9(13)3-18-7-17-10-11(14)15-6-16-12(10)18/h3,6-7,19H,2,4-5H2,1H3,(H2,14,15,16)/b9-3-. The third-order valence-corrected chi connectivity index (χ3v) is 3.62. The second-order valence-corrected chi connectivity index (χ2v) is 5.13. The highest BCUT2D eigenvalue weighted by Crippen LogP contribution is 2.52. The quantitative estimate of drug-likeness (QED) is 0.772. The first-order valence-corrected chi connectivity index (χ1v) is 6.44. The number of carbonyl (C=O) groups is 1. The maximum Gasteiger partial charge on any atom is 0.302 e. The van der Waals surface area contributed by atoms with Crippen LogP contribution in [0.2, 0.25) is 0 Å². The van der Waals surface area contributed by atoms with Gasteiger partial charge in [-0.2, -0.15) is 0 Å². The molecule has 1 saturated carbocycles. The molecule has 2 aromatic heterocycles. The number of hydrogen-bond acceptors (Lipinski definition) is 7. The van der Waals surface area contributed by atoms with Gasteiger partial charge in [-0.3, -0.25) is 9.36 Å². The van der Waals surface area contributed by atoms with E-state index in [0.29, 0.717) is 23.4 Å². The van der Waals surface area contributed by atoms with Gasteiger partial charge < -0.3 is 15.6 Å². The molecule has 1 aliphatic carbocycles. The van der Waals surface area contributed by atoms with Gasteiger partial charge in [-0.1, -0.05) is 0 Å². The van der Waals surface area contributed by atoms with E-state index >= 15 is 0 Å². The van der Waals surface area contributed by atoms with E-state index in [1.807, 2.05) is 6.20 Å². The van der Waals surface area contributed by atoms with Crippen LogP contribution >= 0.6 is 0 Å². The Kier molecular flexibility index (Phi) is 3.09. The molecule has 1 fully saturated rings. The fourth-order valence-electron chi connectivity index (χ4n) is 2.22. The number of aromatic nitrogens is 4. The van der Waals surface area contributed by atoms with Gasteiger partial charge in [0, 0.05) is 13.1 Å². The molecule has 0 radical (unpaired) electrons. The van der Waals surface area contributed by atoms with Crippen molar-refractivity contribution < 1.29 is 14.6 Å². The molecule has 0 saturated heterocycles. The van der Waals surface area contributed by atoms with E-state index in [0.717, 1.165) is 5.57 Å². The minimum Gasteiger partial charge on any atom is -0.465 e. The summed E-state index contributed by atoms with van der Waals surface area (Å²) in [5.74, 6) is -0.0380. The number of rotatable bonds is 4. The van der Waals surface area contributed by atoms with E-state index < -0.39 is 5.41 Å². The molecule has 0 spiro atoms. The van der Waals surface area contributed by atoms with E-state index in [1.165, 1.54) is 13.3 Å². The van der Waals surface area contributed by atoms with Crippen molar-refractivity contribution in [3.8, 4) is 0 Å². The first-order valence-electron chi connectivity index (χ1n) is 6.44. The van der Waals surface area contributed by atoms with Gasteiger partial charge in [0.15, 0.2) is 17.0 Å². The lowest BCUT2D eigenvalue weighted by Crippen LogP contribution is -2.17. The van der Waals surface area contributed by atoms with E-state index in [-0.39, 0.29) is 19.2 Å². The van der Waals surface area contributed by atoms with Gasteiger partial charge in [0.1, 0.15) is 19.3 Å². The lowest BCUT2D eigenvalue weighted by molar-refractivity contribution is -0.143. The number of ether oxygens (including phenoxy) is 1. The summed E-state index contributed by atoms with van der Waals surface area (Å²) in [6, 6.07) is 0. The van der Waals surface area contributed by atoms with Crippen LogP contribution in [-0.4, -0.2) is 43.8 Å². The molecule has 0 amide bonds. The highest BCUT2D eigenvalue weighted by atomic mass is 16.5. The average molecular weight is 289 g/mol. The Morgan fingerprint density at radius 3 is 3.10 bits per heavy atom. The van der Waals surface area contributed by atoms with Crippen molar-refractivity contribution in [3.63, 3.8) is 0 Å². The third-order valence-electron chi connectivity index (χ3n) is 3.62. The summed E-state index contributed by atoms with van der Waals surface area (Å²) in [6.07, 6.45) is 5.47. The zero-order valence-electron chi connectivity index (χ0n) is 11.5. The van der Waals surface area contributed by atoms with Crippen LogP contribution in [0.1, 0.15) is 13.3 Å². The Hall–Kier alpha value is -2.48. The summed E-state index contributed by atoms with van der Waals surface area (Å²) in [4.78, 5) is 23.1. The van der Waals surface area contributed by atoms with Gasteiger partial charge in [0.05, 0.1) is 12.0 Å². The number of anilines is 1. The largest absolute Gasteiger partial charge is 0.465 e. The number of imidazole rings is 1. The number of fused-ring (bicyclic) bond motifs is 1. The fraction of sp³-hybridized carbons (Fsp3) is 0.385. The van der Waals surface area contributed by atoms with Crippen molar-refractivity contribution >= 4 is 29.2 Å². The second-order valence-electron chi connectivity index (χ2n) is 5.13. The molecule has 1 unspecified atom stereocenters. The highest BCUT2D eigenvalue weighted by molar-refractivity contribution is 5.82. The smallest absolute Gasteiger partial charge is 0.302 e. The number of esters is 1. The van der Waals surface area contributed by atoms with Gasteiger partial charge in [-0.25, -0.2) is 15.0 Å². The third kappa shape index (κ3) is 2.33. The van der Waals surface area contributed by atoms with Crippen molar-refractivity contribution in [2.75, 3.05) is 18.9 Å². The predicted octanol–water partition coefficient (Wildman–Crippen LogP) is 0.195. The molecule has 0 bridgehead atoms. The van der Waals surface area contributed by atoms with Crippen molar-refractivity contribution in [1.29, 1.82) is 0 Å². The van der Waals surface area contributed by atoms with Gasteiger partial charge in [-0.15, -0.1) is 0 Å². The predicted molar refractivity (Wildman–Crippen MR) is 74.8 cm³/mol. The van der Waals surface area contributed by atoms with Crippen LogP contribution in [-0.2, 0) is 9.53 Å². The minimum atomic E-state index is -0.485. The molecule has 2 heterocycles. The van der Waals surface area contributed by atoms with Crippen LogP contribution in [0.15, 0.2) is 18.2 Å². The monoisotopic (exact) mass is 289 g/mol. The number of aliphatic hydroxyl groups is 1. The number of aliphatic hydroxyl groups excluding tert-OH is 1. The summed E-state index contributed by atoms with van der Waals surface area (Å²) in [7, 11) is 0. The number of nitrogens with zero attached hydrogens (tertiary/aromatic N) is 4. The number of hydrogen-bond donors (Lipinski definition) is 2. The summed E-state index contributed by atoms with van der Waals surface area (Å²) in [5.41, 5.74) is 7.35. The first kappa shape index (κ1) is 13.5. The molecule has 1 aliphatic rings. The van der Waals surface area contributed by atoms with Crippen LogP contribution in [0, 0.1) is 5.41 Å². The zero-order chi connectivity index (χ0) is 15.0. The second kappa shape index (κ2) is 4.81. The van der Waals surface area contributed by atoms with E-state index in [4.69, 9.17) is 10.5 Å². The number of nitrogen functional groups attached to an aromatic ring is 1. The first-order chi connectivity index (χ1) is 10.1. The molecule has 8 nitrogen and oxygen atoms in total. The Balaban J connectivity index is 1.88. The van der Waals surface area contributed by atoms with Crippen molar-refractivity contribution in [1.82, 2.24) is 19.5 Å². The summed E-state index contributed by atoms with van der Waals surface area (Å²) in [5, 5.41) is 9.52. The highest BCUT2D eigenvalue weighted by Gasteiger charge is 2.49. The minimum absolute atomic E-state index is 0.0735. The lowest BCUT2D eigenvalue weighted by atomic mass is 10.1. The summed E-state index contributed by atoms with van der Waals surface area (Å²) >= 11 is 0. The van der Waals surface area contributed by atoms with Gasteiger partial charge in [0.25, 0.3) is 0 Å². The SMILES string of the molecule is CC(=O)OCC1(CO)C/C1=C/n1cnc2c(N)ncnc21. The van der Waals surface area contributed by atoms with Crippen LogP contribution in [0.4, 0.5) is 5.82 Å². The molecule has 1 atom stereocenters. The number of carbonyl (C=O) groups excluding carboxylic acids is 1. The molecule has 8 heteroatoms. The summed E-state index contributed by atoms with van der Waals surface area (Å²) < 4.78 is 6.74. The molecule has 2 aromatic rings. The Labute approximate surface area is 120 Å². The zero-order valence-corrected chi connectivity index (χ0v) is 11.5. The van der Waals surface area contributed by atoms with E-state index in [2.05, 4.69) is 15.0 Å². The normalized spacial score (nSPS) is 22.7. The van der Waals surface area contributed by atoms with Crippen LogP contribution in [0.3, 0.4) is 0 Å². The van der Waals surface area contributed by atoms with Crippen molar-refractivity contribution in [2.45, 2.75) is 13.3 Å². The molecule has 3 N–H and O–H groups in total. The molecular formula is C13H15N5O3. The molecule has 110 valence electrons. The van der Waals surface area contributed by atoms with E-state index in [1.54, 1.807) is 10.9 Å². The Bertz CT molecular complexity index is 738. The molecular weight excluding hydrogens is 274 g/mol. The summed E-state index contributed by atoms with van der Waals surface area (Å²) in [6.45, 7) is 1.45. The maximum absolute atomic E-state index is 10.9. The van der Waals surface area contributed by atoms with Crippen molar-refractivity contribution in [3.05, 3.63) is 18.2 Å². The van der Waals surface area contributed by atoms with Crippen molar-refractivity contribution in [2.24, 2.45) is 5.41 Å². The average Bonchev–Trinajstić information content (AvgIpc) is 2.99. The molecule has 0 aliphatic heterocycles. The molecule has 21 heavy (non-hydrogen) atoms. The van der Waals surface area contributed by atoms with Crippen LogP contribution in [0.25, 0.3) is 17.4 Å². The molecule has 0 aromatic carbocycles. The topological polar surface area (TPSA) is 116 Å². The maximum atomic E-state index is 10.9. The van der Waals surface area contributed by atoms with E-state index in [9.17, 15) is 9.90 Å². The van der Waals surface area contributed by atoms with Gasteiger partial charge in [-0.05, 0) is 12.0 Å². The number of nitrogens with two attached hydrogens (primary N) is 1. The van der Waals surface area contributed by atoms with Crippen LogP contribution in [0.5, 0.6) is 0 Å².